The second-order valence-corrected chi connectivity index (χ2v) is 4.95. The fraction of sp³-hybridized carbons (Fsp3) is 0.267. The van der Waals surface area contributed by atoms with Gasteiger partial charge in [-0.15, -0.1) is 0 Å². The van der Waals surface area contributed by atoms with Crippen LogP contribution in [0.4, 0.5) is 5.95 Å². The van der Waals surface area contributed by atoms with Gasteiger partial charge in [0.15, 0.2) is 0 Å². The maximum Gasteiger partial charge on any atom is 0.221 e. The Labute approximate surface area is 128 Å². The third-order valence-corrected chi connectivity index (χ3v) is 3.50. The average Bonchev–Trinajstić information content (AvgIpc) is 2.44. The van der Waals surface area contributed by atoms with Crippen LogP contribution in [0.1, 0.15) is 22.4 Å². The van der Waals surface area contributed by atoms with Crippen LogP contribution < -0.4 is 10.5 Å². The minimum Gasteiger partial charge on any atom is -0.496 e. The molecule has 2 rings (SSSR count). The Hall–Kier alpha value is -2.32. The van der Waals surface area contributed by atoms with Gasteiger partial charge in [0, 0.05) is 17.7 Å². The molecule has 0 radical (unpaired) electrons. The third kappa shape index (κ3) is 3.41. The highest BCUT2D eigenvalue weighted by Gasteiger charge is 2.13. The molecule has 21 heavy (non-hydrogen) atoms. The smallest absolute Gasteiger partial charge is 0.221 e. The van der Waals surface area contributed by atoms with Gasteiger partial charge in [-0.1, -0.05) is 23.7 Å². The molecule has 0 fully saturated rings. The number of halogens is 1. The molecule has 0 atom stereocenters. The number of nitrogens with zero attached hydrogens (tertiary/aromatic N) is 3. The normalized spacial score (nSPS) is 10.2. The van der Waals surface area contributed by atoms with Gasteiger partial charge in [0.05, 0.1) is 19.6 Å². The zero-order chi connectivity index (χ0) is 15.4. The summed E-state index contributed by atoms with van der Waals surface area (Å²) >= 11 is 6.15. The maximum absolute atomic E-state index is 8.75. The summed E-state index contributed by atoms with van der Waals surface area (Å²) < 4.78 is 5.39. The molecular formula is C15H15ClN4O. The summed E-state index contributed by atoms with van der Waals surface area (Å²) in [5.74, 6) is 0.882. The van der Waals surface area contributed by atoms with E-state index in [0.717, 1.165) is 28.1 Å². The summed E-state index contributed by atoms with van der Waals surface area (Å²) in [5.41, 5.74) is 9.00. The molecule has 0 saturated carbocycles. The van der Waals surface area contributed by atoms with Crippen LogP contribution in [0.3, 0.4) is 0 Å². The Morgan fingerprint density at radius 3 is 2.76 bits per heavy atom. The number of nitrogens with two attached hydrogens (primary N) is 1. The number of nitriles is 1. The van der Waals surface area contributed by atoms with Crippen molar-refractivity contribution in [3.05, 3.63) is 45.7 Å². The number of hydrogen-bond donors (Lipinski definition) is 1. The minimum atomic E-state index is 0.164. The van der Waals surface area contributed by atoms with Gasteiger partial charge < -0.3 is 10.5 Å². The van der Waals surface area contributed by atoms with Crippen LogP contribution in [0.25, 0.3) is 0 Å². The number of ether oxygens (including phenoxy) is 1. The number of benzene rings is 1. The summed E-state index contributed by atoms with van der Waals surface area (Å²) in [6, 6.07) is 7.81. The van der Waals surface area contributed by atoms with Crippen LogP contribution in [0, 0.1) is 18.3 Å². The van der Waals surface area contributed by atoms with Crippen LogP contribution in [-0.4, -0.2) is 17.1 Å². The van der Waals surface area contributed by atoms with Gasteiger partial charge in [0.25, 0.3) is 0 Å². The highest BCUT2D eigenvalue weighted by atomic mass is 35.5. The summed E-state index contributed by atoms with van der Waals surface area (Å²) in [7, 11) is 1.60. The SMILES string of the molecule is COc1cc(CC#N)ccc1Cc1c(C)nc(N)nc1Cl. The standard InChI is InChI=1S/C15H15ClN4O/c1-9-12(14(16)20-15(18)19-9)8-11-4-3-10(5-6-17)7-13(11)21-2/h3-4,7H,5,8H2,1-2H3,(H2,18,19,20). The quantitative estimate of drug-likeness (QED) is 0.878. The molecule has 1 heterocycles. The number of methoxy groups -OCH3 is 1. The average molecular weight is 303 g/mol. The number of rotatable bonds is 4. The second kappa shape index (κ2) is 6.42. The molecule has 1 aromatic heterocycles. The molecule has 2 aromatic rings. The van der Waals surface area contributed by atoms with Gasteiger partial charge in [-0.05, 0) is 24.1 Å². The minimum absolute atomic E-state index is 0.164. The molecule has 5 nitrogen and oxygen atoms in total. The van der Waals surface area contributed by atoms with Crippen LogP contribution in [0.2, 0.25) is 5.15 Å². The fourth-order valence-corrected chi connectivity index (χ4v) is 2.40. The Kier molecular flexibility index (Phi) is 4.61. The van der Waals surface area contributed by atoms with E-state index in [2.05, 4.69) is 16.0 Å². The summed E-state index contributed by atoms with van der Waals surface area (Å²) in [6.45, 7) is 1.84. The van der Waals surface area contributed by atoms with Gasteiger partial charge in [0.1, 0.15) is 10.9 Å². The molecule has 0 aliphatic carbocycles. The number of hydrogen-bond acceptors (Lipinski definition) is 5. The fourth-order valence-electron chi connectivity index (χ4n) is 2.11. The molecule has 0 unspecified atom stereocenters. The predicted octanol–water partition coefficient (Wildman–Crippen LogP) is 2.69. The molecule has 0 aliphatic heterocycles. The number of anilines is 1. The van der Waals surface area contributed by atoms with Gasteiger partial charge in [-0.3, -0.25) is 0 Å². The van der Waals surface area contributed by atoms with Crippen molar-refractivity contribution >= 4 is 17.5 Å². The zero-order valence-corrected chi connectivity index (χ0v) is 12.6. The molecule has 0 amide bonds. The monoisotopic (exact) mass is 302 g/mol. The molecule has 108 valence electrons. The maximum atomic E-state index is 8.75. The number of aromatic nitrogens is 2. The molecule has 0 bridgehead atoms. The molecule has 0 spiro atoms. The second-order valence-electron chi connectivity index (χ2n) is 4.59. The molecule has 0 saturated heterocycles. The molecule has 2 N–H and O–H groups in total. The van der Waals surface area contributed by atoms with Crippen molar-refractivity contribution in [2.24, 2.45) is 0 Å². The lowest BCUT2D eigenvalue weighted by atomic mass is 10.0. The largest absolute Gasteiger partial charge is 0.496 e. The first-order chi connectivity index (χ1) is 10.0. The first-order valence-electron chi connectivity index (χ1n) is 6.36. The van der Waals surface area contributed by atoms with E-state index in [0.29, 0.717) is 18.0 Å². The highest BCUT2D eigenvalue weighted by Crippen LogP contribution is 2.27. The van der Waals surface area contributed by atoms with E-state index in [4.69, 9.17) is 27.3 Å². The van der Waals surface area contributed by atoms with Crippen LogP contribution in [-0.2, 0) is 12.8 Å². The van der Waals surface area contributed by atoms with Crippen molar-refractivity contribution in [3.8, 4) is 11.8 Å². The van der Waals surface area contributed by atoms with Crippen LogP contribution in [0.5, 0.6) is 5.75 Å². The Morgan fingerprint density at radius 2 is 2.14 bits per heavy atom. The zero-order valence-electron chi connectivity index (χ0n) is 11.9. The number of aryl methyl sites for hydroxylation is 1. The van der Waals surface area contributed by atoms with Crippen molar-refractivity contribution in [1.82, 2.24) is 9.97 Å². The van der Waals surface area contributed by atoms with Gasteiger partial charge >= 0.3 is 0 Å². The van der Waals surface area contributed by atoms with E-state index in [1.807, 2.05) is 25.1 Å². The lowest BCUT2D eigenvalue weighted by Crippen LogP contribution is -2.04. The lowest BCUT2D eigenvalue weighted by molar-refractivity contribution is 0.410. The topological polar surface area (TPSA) is 84.8 Å². The van der Waals surface area contributed by atoms with E-state index >= 15 is 0 Å². The van der Waals surface area contributed by atoms with E-state index in [1.165, 1.54) is 0 Å². The number of nitrogen functional groups attached to an aromatic ring is 1. The van der Waals surface area contributed by atoms with Gasteiger partial charge in [0.2, 0.25) is 5.95 Å². The Balaban J connectivity index is 2.38. The Bertz CT molecular complexity index is 686. The van der Waals surface area contributed by atoms with Crippen molar-refractivity contribution in [2.45, 2.75) is 19.8 Å². The predicted molar refractivity (Wildman–Crippen MR) is 81.3 cm³/mol. The third-order valence-electron chi connectivity index (χ3n) is 3.18. The van der Waals surface area contributed by atoms with E-state index in [1.54, 1.807) is 7.11 Å². The van der Waals surface area contributed by atoms with Crippen molar-refractivity contribution in [3.63, 3.8) is 0 Å². The van der Waals surface area contributed by atoms with Crippen LogP contribution in [0.15, 0.2) is 18.2 Å². The van der Waals surface area contributed by atoms with E-state index in [-0.39, 0.29) is 5.95 Å². The molecule has 1 aromatic carbocycles. The summed E-state index contributed by atoms with van der Waals surface area (Å²) in [4.78, 5) is 8.11. The molecular weight excluding hydrogens is 288 g/mol. The molecule has 6 heteroatoms. The van der Waals surface area contributed by atoms with Gasteiger partial charge in [-0.25, -0.2) is 9.97 Å². The van der Waals surface area contributed by atoms with Crippen molar-refractivity contribution in [2.75, 3.05) is 12.8 Å². The molecule has 0 aliphatic rings. The van der Waals surface area contributed by atoms with Crippen molar-refractivity contribution in [1.29, 1.82) is 5.26 Å². The van der Waals surface area contributed by atoms with Crippen LogP contribution >= 0.6 is 11.6 Å². The first kappa shape index (κ1) is 15.1. The van der Waals surface area contributed by atoms with Gasteiger partial charge in [-0.2, -0.15) is 5.26 Å². The lowest BCUT2D eigenvalue weighted by Gasteiger charge is -2.12. The summed E-state index contributed by atoms with van der Waals surface area (Å²) in [6.07, 6.45) is 0.891. The van der Waals surface area contributed by atoms with E-state index < -0.39 is 0 Å². The van der Waals surface area contributed by atoms with Crippen molar-refractivity contribution < 1.29 is 4.74 Å². The van der Waals surface area contributed by atoms with E-state index in [9.17, 15) is 0 Å². The summed E-state index contributed by atoms with van der Waals surface area (Å²) in [5, 5.41) is 9.10. The highest BCUT2D eigenvalue weighted by molar-refractivity contribution is 6.30. The Morgan fingerprint density at radius 1 is 1.38 bits per heavy atom. The first-order valence-corrected chi connectivity index (χ1v) is 6.74.